The lowest BCUT2D eigenvalue weighted by molar-refractivity contribution is 0.414. The summed E-state index contributed by atoms with van der Waals surface area (Å²) in [4.78, 5) is 0. The van der Waals surface area contributed by atoms with E-state index in [4.69, 9.17) is 0 Å². The van der Waals surface area contributed by atoms with Crippen LogP contribution in [0.2, 0.25) is 5.21 Å². The van der Waals surface area contributed by atoms with Crippen molar-refractivity contribution in [2.24, 2.45) is 11.8 Å². The zero-order valence-electron chi connectivity index (χ0n) is 12.1. The lowest BCUT2D eigenvalue weighted by Crippen LogP contribution is -2.44. The van der Waals surface area contributed by atoms with Crippen molar-refractivity contribution < 1.29 is 0 Å². The molecule has 1 rings (SSSR count). The molecule has 0 bridgehead atoms. The van der Waals surface area contributed by atoms with Crippen LogP contribution in [-0.4, -0.2) is 21.6 Å². The molecule has 1 aliphatic heterocycles. The first-order chi connectivity index (χ1) is 8.47. The maximum Gasteiger partial charge on any atom is 0.148 e. The molecule has 18 heavy (non-hydrogen) atoms. The first-order valence-electron chi connectivity index (χ1n) is 6.69. The Kier molecular flexibility index (Phi) is 5.37. The maximum atomic E-state index is 3.89. The lowest BCUT2D eigenvalue weighted by atomic mass is 9.10. The summed E-state index contributed by atoms with van der Waals surface area (Å²) in [6.45, 7) is 16.8. The fourth-order valence-electron chi connectivity index (χ4n) is 2.62. The van der Waals surface area contributed by atoms with Gasteiger partial charge in [0.15, 0.2) is 0 Å². The molecule has 0 aromatic heterocycles. The SMILES string of the molecule is C=C/C=C\C1=C(C=C)[B][B]C(C(C)C)(C(C)C)[B]1. The Balaban J connectivity index is 3.13. The lowest BCUT2D eigenvalue weighted by Gasteiger charge is -2.45. The second kappa shape index (κ2) is 6.36. The van der Waals surface area contributed by atoms with Gasteiger partial charge < -0.3 is 0 Å². The van der Waals surface area contributed by atoms with Crippen molar-refractivity contribution >= 4 is 21.6 Å². The van der Waals surface area contributed by atoms with E-state index >= 15 is 0 Å². The molecule has 0 aromatic carbocycles. The summed E-state index contributed by atoms with van der Waals surface area (Å²) in [5.74, 6) is 1.15. The number of allylic oxidation sites excluding steroid dienone is 6. The Labute approximate surface area is 115 Å². The van der Waals surface area contributed by atoms with Gasteiger partial charge in [0.1, 0.15) is 14.4 Å². The molecule has 0 amide bonds. The van der Waals surface area contributed by atoms with Gasteiger partial charge in [0.05, 0.1) is 7.17 Å². The number of hydrogen-bond donors (Lipinski definition) is 0. The second-order valence-corrected chi connectivity index (χ2v) is 5.50. The van der Waals surface area contributed by atoms with Crippen molar-refractivity contribution in [3.05, 3.63) is 48.4 Å². The minimum absolute atomic E-state index is 0.132. The molecular formula is C15H22B3. The highest BCUT2D eigenvalue weighted by molar-refractivity contribution is 7.11. The van der Waals surface area contributed by atoms with Gasteiger partial charge in [-0.1, -0.05) is 87.7 Å². The molecule has 0 fully saturated rings. The molecule has 91 valence electrons. The van der Waals surface area contributed by atoms with E-state index in [0.717, 1.165) is 0 Å². The summed E-state index contributed by atoms with van der Waals surface area (Å²) in [5, 5.41) is 0.132. The largest absolute Gasteiger partial charge is 0.148 e. The van der Waals surface area contributed by atoms with Crippen LogP contribution < -0.4 is 0 Å². The van der Waals surface area contributed by atoms with Gasteiger partial charge in [-0.25, -0.2) is 0 Å². The molecule has 0 spiro atoms. The second-order valence-electron chi connectivity index (χ2n) is 5.50. The van der Waals surface area contributed by atoms with E-state index in [1.807, 2.05) is 18.2 Å². The van der Waals surface area contributed by atoms with Gasteiger partial charge in [0, 0.05) is 0 Å². The minimum Gasteiger partial charge on any atom is -0.104 e. The van der Waals surface area contributed by atoms with Crippen molar-refractivity contribution in [3.8, 4) is 0 Å². The van der Waals surface area contributed by atoms with Crippen LogP contribution in [0.15, 0.2) is 48.4 Å². The molecule has 0 nitrogen and oxygen atoms in total. The van der Waals surface area contributed by atoms with Gasteiger partial charge in [-0.2, -0.15) is 0 Å². The molecule has 0 N–H and O–H groups in total. The number of hydrogen-bond acceptors (Lipinski definition) is 0. The van der Waals surface area contributed by atoms with Gasteiger partial charge in [0.25, 0.3) is 0 Å². The molecule has 0 saturated carbocycles. The molecule has 0 unspecified atom stereocenters. The van der Waals surface area contributed by atoms with Crippen LogP contribution in [0.25, 0.3) is 0 Å². The Morgan fingerprint density at radius 3 is 2.11 bits per heavy atom. The summed E-state index contributed by atoms with van der Waals surface area (Å²) in [6, 6.07) is 0. The third-order valence-electron chi connectivity index (χ3n) is 3.92. The van der Waals surface area contributed by atoms with E-state index in [1.165, 1.54) is 10.9 Å². The average molecular weight is 235 g/mol. The summed E-state index contributed by atoms with van der Waals surface area (Å²) in [5.41, 5.74) is 2.43. The van der Waals surface area contributed by atoms with E-state index < -0.39 is 0 Å². The highest BCUT2D eigenvalue weighted by Gasteiger charge is 2.40. The van der Waals surface area contributed by atoms with Crippen molar-refractivity contribution in [3.63, 3.8) is 0 Å². The molecule has 0 atom stereocenters. The highest BCUT2D eigenvalue weighted by Crippen LogP contribution is 2.45. The maximum absolute atomic E-state index is 3.89. The van der Waals surface area contributed by atoms with Gasteiger partial charge in [0.2, 0.25) is 0 Å². The molecule has 3 heteroatoms. The standard InChI is InChI=1S/C15H22B3/c1-7-9-10-14-13(8-2)17-18-15(16-14,11(3)4)12(5)6/h7-12H,1-2H2,3-6H3/b10-9-. The topological polar surface area (TPSA) is 0 Å². The van der Waals surface area contributed by atoms with E-state index in [9.17, 15) is 0 Å². The Morgan fingerprint density at radius 1 is 1.06 bits per heavy atom. The van der Waals surface area contributed by atoms with Crippen LogP contribution in [0.1, 0.15) is 27.7 Å². The predicted octanol–water partition coefficient (Wildman–Crippen LogP) is 3.60. The fraction of sp³-hybridized carbons (Fsp3) is 0.467. The smallest absolute Gasteiger partial charge is 0.104 e. The fourth-order valence-corrected chi connectivity index (χ4v) is 2.62. The van der Waals surface area contributed by atoms with Crippen molar-refractivity contribution in [2.45, 2.75) is 32.9 Å². The Bertz CT molecular complexity index is 367. The van der Waals surface area contributed by atoms with Crippen LogP contribution in [-0.2, 0) is 0 Å². The van der Waals surface area contributed by atoms with Gasteiger partial charge >= 0.3 is 0 Å². The van der Waals surface area contributed by atoms with Crippen LogP contribution in [0.3, 0.4) is 0 Å². The normalized spacial score (nSPS) is 18.6. The molecule has 1 heterocycles. The molecule has 3 radical (unpaired) electrons. The highest BCUT2D eigenvalue weighted by atomic mass is 14.2. The molecule has 0 aromatic rings. The first-order valence-corrected chi connectivity index (χ1v) is 6.69. The Morgan fingerprint density at radius 2 is 1.67 bits per heavy atom. The van der Waals surface area contributed by atoms with E-state index in [-0.39, 0.29) is 5.21 Å². The average Bonchev–Trinajstić information content (AvgIpc) is 2.35. The number of rotatable bonds is 5. The van der Waals surface area contributed by atoms with Crippen LogP contribution in [0.5, 0.6) is 0 Å². The zero-order chi connectivity index (χ0) is 13.8. The van der Waals surface area contributed by atoms with Gasteiger partial charge in [-0.15, -0.1) is 5.47 Å². The first kappa shape index (κ1) is 15.2. The zero-order valence-corrected chi connectivity index (χ0v) is 12.1. The third kappa shape index (κ3) is 2.94. The summed E-state index contributed by atoms with van der Waals surface area (Å²) in [7, 11) is 6.93. The molecule has 1 aliphatic rings. The quantitative estimate of drug-likeness (QED) is 0.504. The minimum atomic E-state index is 0.132. The van der Waals surface area contributed by atoms with Crippen LogP contribution in [0.4, 0.5) is 0 Å². The molecular weight excluding hydrogens is 213 g/mol. The van der Waals surface area contributed by atoms with E-state index in [2.05, 4.69) is 68.5 Å². The predicted molar refractivity (Wildman–Crippen MR) is 86.2 cm³/mol. The van der Waals surface area contributed by atoms with Crippen molar-refractivity contribution in [1.29, 1.82) is 0 Å². The van der Waals surface area contributed by atoms with E-state index in [1.54, 1.807) is 0 Å². The summed E-state index contributed by atoms with van der Waals surface area (Å²) >= 11 is 0. The van der Waals surface area contributed by atoms with Gasteiger partial charge in [-0.3, -0.25) is 0 Å². The Hall–Kier alpha value is -0.845. The van der Waals surface area contributed by atoms with Crippen molar-refractivity contribution in [1.82, 2.24) is 0 Å². The third-order valence-corrected chi connectivity index (χ3v) is 3.92. The monoisotopic (exact) mass is 235 g/mol. The van der Waals surface area contributed by atoms with Gasteiger partial charge in [-0.05, 0) is 0 Å². The summed E-state index contributed by atoms with van der Waals surface area (Å²) < 4.78 is 0. The van der Waals surface area contributed by atoms with Crippen LogP contribution in [0, 0.1) is 11.8 Å². The molecule has 0 aliphatic carbocycles. The summed E-state index contributed by atoms with van der Waals surface area (Å²) in [6.07, 6.45) is 7.83. The van der Waals surface area contributed by atoms with E-state index in [0.29, 0.717) is 11.8 Å². The van der Waals surface area contributed by atoms with Crippen molar-refractivity contribution in [2.75, 3.05) is 0 Å². The molecule has 0 saturated heterocycles. The van der Waals surface area contributed by atoms with Crippen LogP contribution >= 0.6 is 0 Å².